The molecule has 1 fully saturated rings. The summed E-state index contributed by atoms with van der Waals surface area (Å²) in [6.07, 6.45) is 5.04. The number of imidazole rings is 1. The lowest BCUT2D eigenvalue weighted by Crippen LogP contribution is -2.60. The van der Waals surface area contributed by atoms with Gasteiger partial charge in [-0.1, -0.05) is 23.7 Å². The molecule has 9 nitrogen and oxygen atoms in total. The molecule has 0 radical (unpaired) electrons. The highest BCUT2D eigenvalue weighted by atomic mass is 35.5. The first-order valence-corrected chi connectivity index (χ1v) is 12.0. The van der Waals surface area contributed by atoms with Crippen LogP contribution in [0.2, 0.25) is 5.02 Å². The molecule has 2 amide bonds. The standard InChI is InChI=1S/C26H24ClFN6O3/c1-26(28)13-33(14-26)22(35)12-34-23-17(7-18(10-29-23)21-11-32(2)15-31-21)8-20(25(34)37)24(36)30-9-16-3-5-19(27)6-4-16/h3-8,10-11,15H,9,12-14H2,1-2H3,(H,30,36). The second kappa shape index (κ2) is 9.44. The summed E-state index contributed by atoms with van der Waals surface area (Å²) >= 11 is 5.92. The third kappa shape index (κ3) is 5.10. The maximum Gasteiger partial charge on any atom is 0.265 e. The average molecular weight is 523 g/mol. The van der Waals surface area contributed by atoms with Crippen molar-refractivity contribution in [2.24, 2.45) is 7.05 Å². The van der Waals surface area contributed by atoms with Crippen LogP contribution >= 0.6 is 11.6 Å². The van der Waals surface area contributed by atoms with E-state index in [9.17, 15) is 18.8 Å². The number of nitrogens with one attached hydrogen (secondary N) is 1. The summed E-state index contributed by atoms with van der Waals surface area (Å²) in [5.74, 6) is -1.01. The maximum atomic E-state index is 14.0. The quantitative estimate of drug-likeness (QED) is 0.419. The zero-order valence-corrected chi connectivity index (χ0v) is 21.0. The van der Waals surface area contributed by atoms with Crippen molar-refractivity contribution >= 4 is 34.4 Å². The van der Waals surface area contributed by atoms with E-state index in [1.807, 2.05) is 13.2 Å². The van der Waals surface area contributed by atoms with E-state index in [1.165, 1.54) is 22.5 Å². The first-order valence-electron chi connectivity index (χ1n) is 11.6. The lowest BCUT2D eigenvalue weighted by atomic mass is 9.99. The van der Waals surface area contributed by atoms with Gasteiger partial charge in [0, 0.05) is 42.0 Å². The van der Waals surface area contributed by atoms with E-state index in [0.717, 1.165) is 5.56 Å². The molecule has 0 aliphatic carbocycles. The van der Waals surface area contributed by atoms with Crippen LogP contribution in [0.15, 0.2) is 59.9 Å². The van der Waals surface area contributed by atoms with Crippen molar-refractivity contribution < 1.29 is 14.0 Å². The number of likely N-dealkylation sites (tertiary alicyclic amines) is 1. The minimum atomic E-state index is -1.44. The summed E-state index contributed by atoms with van der Waals surface area (Å²) in [5, 5.41) is 3.81. The number of alkyl halides is 1. The number of hydrogen-bond acceptors (Lipinski definition) is 5. The Morgan fingerprint density at radius 1 is 1.16 bits per heavy atom. The van der Waals surface area contributed by atoms with Gasteiger partial charge < -0.3 is 14.8 Å². The van der Waals surface area contributed by atoms with Crippen LogP contribution in [0, 0.1) is 0 Å². The number of aryl methyl sites for hydroxylation is 1. The molecule has 0 spiro atoms. The molecule has 0 atom stereocenters. The van der Waals surface area contributed by atoms with E-state index in [-0.39, 0.29) is 37.4 Å². The maximum absolute atomic E-state index is 14.0. The molecule has 1 N–H and O–H groups in total. The fourth-order valence-electron chi connectivity index (χ4n) is 4.32. The Balaban J connectivity index is 1.51. The normalized spacial score (nSPS) is 14.4. The van der Waals surface area contributed by atoms with Gasteiger partial charge in [0.25, 0.3) is 11.5 Å². The van der Waals surface area contributed by atoms with Gasteiger partial charge in [-0.25, -0.2) is 14.4 Å². The van der Waals surface area contributed by atoms with Gasteiger partial charge in [-0.15, -0.1) is 0 Å². The van der Waals surface area contributed by atoms with E-state index in [0.29, 0.717) is 21.7 Å². The molecule has 3 aromatic heterocycles. The van der Waals surface area contributed by atoms with Gasteiger partial charge >= 0.3 is 0 Å². The Kier molecular flexibility index (Phi) is 6.28. The third-order valence-corrected chi connectivity index (χ3v) is 6.48. The van der Waals surface area contributed by atoms with Crippen LogP contribution in [0.1, 0.15) is 22.8 Å². The third-order valence-electron chi connectivity index (χ3n) is 6.22. The van der Waals surface area contributed by atoms with Crippen LogP contribution in [-0.4, -0.2) is 54.6 Å². The van der Waals surface area contributed by atoms with Crippen molar-refractivity contribution in [1.29, 1.82) is 0 Å². The topological polar surface area (TPSA) is 102 Å². The van der Waals surface area contributed by atoms with Crippen LogP contribution in [0.5, 0.6) is 0 Å². The lowest BCUT2D eigenvalue weighted by molar-refractivity contribution is -0.144. The lowest BCUT2D eigenvalue weighted by Gasteiger charge is -2.42. The Labute approximate surface area is 216 Å². The second-order valence-electron chi connectivity index (χ2n) is 9.48. The Morgan fingerprint density at radius 3 is 2.54 bits per heavy atom. The van der Waals surface area contributed by atoms with E-state index in [1.54, 1.807) is 47.4 Å². The molecule has 37 heavy (non-hydrogen) atoms. The van der Waals surface area contributed by atoms with Crippen LogP contribution < -0.4 is 10.9 Å². The van der Waals surface area contributed by atoms with Gasteiger partial charge in [-0.2, -0.15) is 0 Å². The number of benzene rings is 1. The van der Waals surface area contributed by atoms with Crippen molar-refractivity contribution in [3.05, 3.63) is 81.6 Å². The number of carbonyl (C=O) groups is 2. The number of pyridine rings is 2. The molecule has 1 aromatic carbocycles. The predicted molar refractivity (Wildman–Crippen MR) is 137 cm³/mol. The number of halogens is 2. The highest BCUT2D eigenvalue weighted by Crippen LogP contribution is 2.25. The summed E-state index contributed by atoms with van der Waals surface area (Å²) in [6, 6.07) is 10.2. The zero-order valence-electron chi connectivity index (χ0n) is 20.2. The molecule has 0 unspecified atom stereocenters. The van der Waals surface area contributed by atoms with Gasteiger partial charge in [0.15, 0.2) is 0 Å². The molecule has 1 aliphatic heterocycles. The van der Waals surface area contributed by atoms with Gasteiger partial charge in [-0.3, -0.25) is 19.0 Å². The minimum Gasteiger partial charge on any atom is -0.348 e. The van der Waals surface area contributed by atoms with E-state index >= 15 is 0 Å². The fraction of sp³-hybridized carbons (Fsp3) is 0.269. The molecular formula is C26H24ClFN6O3. The van der Waals surface area contributed by atoms with E-state index in [2.05, 4.69) is 15.3 Å². The van der Waals surface area contributed by atoms with Crippen molar-refractivity contribution in [2.45, 2.75) is 25.7 Å². The Bertz CT molecular complexity index is 1570. The Morgan fingerprint density at radius 2 is 1.89 bits per heavy atom. The number of nitrogens with zero attached hydrogens (tertiary/aromatic N) is 5. The highest BCUT2D eigenvalue weighted by molar-refractivity contribution is 6.30. The van der Waals surface area contributed by atoms with Gasteiger partial charge in [0.2, 0.25) is 5.91 Å². The molecule has 11 heteroatoms. The van der Waals surface area contributed by atoms with Crippen LogP contribution in [-0.2, 0) is 24.9 Å². The summed E-state index contributed by atoms with van der Waals surface area (Å²) in [5.41, 5.74) is 0.178. The van der Waals surface area contributed by atoms with Crippen LogP contribution in [0.25, 0.3) is 22.3 Å². The Hall–Kier alpha value is -4.05. The molecule has 1 saturated heterocycles. The average Bonchev–Trinajstić information content (AvgIpc) is 3.29. The fourth-order valence-corrected chi connectivity index (χ4v) is 4.44. The van der Waals surface area contributed by atoms with Crippen molar-refractivity contribution in [1.82, 2.24) is 29.3 Å². The number of rotatable bonds is 6. The van der Waals surface area contributed by atoms with Crippen molar-refractivity contribution in [3.8, 4) is 11.3 Å². The molecule has 4 heterocycles. The monoisotopic (exact) mass is 522 g/mol. The second-order valence-corrected chi connectivity index (χ2v) is 9.92. The molecule has 190 valence electrons. The summed E-state index contributed by atoms with van der Waals surface area (Å²) in [4.78, 5) is 49.5. The molecule has 4 aromatic rings. The van der Waals surface area contributed by atoms with Gasteiger partial charge in [0.1, 0.15) is 23.4 Å². The largest absolute Gasteiger partial charge is 0.348 e. The zero-order chi connectivity index (χ0) is 26.3. The smallest absolute Gasteiger partial charge is 0.265 e. The molecule has 0 saturated carbocycles. The highest BCUT2D eigenvalue weighted by Gasteiger charge is 2.41. The number of fused-ring (bicyclic) bond motifs is 1. The van der Waals surface area contributed by atoms with E-state index in [4.69, 9.17) is 11.6 Å². The van der Waals surface area contributed by atoms with Crippen LogP contribution in [0.4, 0.5) is 4.39 Å². The summed E-state index contributed by atoms with van der Waals surface area (Å²) in [6.45, 7) is 1.15. The van der Waals surface area contributed by atoms with Crippen molar-refractivity contribution in [3.63, 3.8) is 0 Å². The SMILES string of the molecule is Cn1cnc(-c2cnc3c(c2)cc(C(=O)NCc2ccc(Cl)cc2)c(=O)n3CC(=O)N2CC(C)(F)C2)c1. The number of hydrogen-bond donors (Lipinski definition) is 1. The van der Waals surface area contributed by atoms with E-state index < -0.39 is 23.0 Å². The molecular weight excluding hydrogens is 499 g/mol. The van der Waals surface area contributed by atoms with Crippen LogP contribution in [0.3, 0.4) is 0 Å². The number of amides is 2. The van der Waals surface area contributed by atoms with Gasteiger partial charge in [-0.05, 0) is 36.8 Å². The number of aromatic nitrogens is 4. The molecule has 5 rings (SSSR count). The number of carbonyl (C=O) groups excluding carboxylic acids is 2. The first-order chi connectivity index (χ1) is 17.6. The van der Waals surface area contributed by atoms with Gasteiger partial charge in [0.05, 0.1) is 25.1 Å². The summed E-state index contributed by atoms with van der Waals surface area (Å²) < 4.78 is 16.9. The first kappa shape index (κ1) is 24.6. The predicted octanol–water partition coefficient (Wildman–Crippen LogP) is 2.95. The van der Waals surface area contributed by atoms with Crippen molar-refractivity contribution in [2.75, 3.05) is 13.1 Å². The molecule has 1 aliphatic rings. The minimum absolute atomic E-state index is 0.0446. The summed E-state index contributed by atoms with van der Waals surface area (Å²) in [7, 11) is 1.84. The molecule has 0 bridgehead atoms.